The molecule has 3 amide bonds. The van der Waals surface area contributed by atoms with Crippen LogP contribution in [0.3, 0.4) is 0 Å². The van der Waals surface area contributed by atoms with Crippen molar-refractivity contribution in [3.63, 3.8) is 0 Å². The Morgan fingerprint density at radius 3 is 2.12 bits per heavy atom. The van der Waals surface area contributed by atoms with Gasteiger partial charge in [-0.25, -0.2) is 4.79 Å². The van der Waals surface area contributed by atoms with Crippen molar-refractivity contribution in [2.75, 3.05) is 6.54 Å². The normalized spacial score (nSPS) is 13.2. The quantitative estimate of drug-likeness (QED) is 0.277. The molecule has 2 aromatic rings. The molecular formula is C34H51N3O4. The molecule has 226 valence electrons. The first-order valence-corrected chi connectivity index (χ1v) is 14.8. The summed E-state index contributed by atoms with van der Waals surface area (Å²) in [5.74, 6) is -0.561. The van der Waals surface area contributed by atoms with Gasteiger partial charge < -0.3 is 20.3 Å². The van der Waals surface area contributed by atoms with E-state index in [-0.39, 0.29) is 18.2 Å². The maximum atomic E-state index is 14.6. The summed E-state index contributed by atoms with van der Waals surface area (Å²) < 4.78 is 5.54. The monoisotopic (exact) mass is 565 g/mol. The Bertz CT molecular complexity index is 1150. The van der Waals surface area contributed by atoms with Crippen molar-refractivity contribution in [2.45, 2.75) is 118 Å². The molecule has 0 aliphatic carbocycles. The van der Waals surface area contributed by atoms with Crippen molar-refractivity contribution in [2.24, 2.45) is 0 Å². The number of hydrogen-bond acceptors (Lipinski definition) is 4. The van der Waals surface area contributed by atoms with Gasteiger partial charge in [0.15, 0.2) is 0 Å². The molecule has 0 aliphatic heterocycles. The molecule has 7 nitrogen and oxygen atoms in total. The van der Waals surface area contributed by atoms with E-state index in [2.05, 4.69) is 17.6 Å². The fourth-order valence-electron chi connectivity index (χ4n) is 4.80. The van der Waals surface area contributed by atoms with Crippen LogP contribution >= 0.6 is 0 Å². The van der Waals surface area contributed by atoms with E-state index in [0.29, 0.717) is 6.54 Å². The molecule has 0 saturated heterocycles. The van der Waals surface area contributed by atoms with Crippen LogP contribution in [0.25, 0.3) is 0 Å². The lowest BCUT2D eigenvalue weighted by atomic mass is 9.94. The van der Waals surface area contributed by atoms with E-state index in [1.165, 1.54) is 0 Å². The zero-order chi connectivity index (χ0) is 30.8. The average molecular weight is 566 g/mol. The second kappa shape index (κ2) is 15.0. The van der Waals surface area contributed by atoms with Crippen LogP contribution in [-0.2, 0) is 20.7 Å². The number of aryl methyl sites for hydroxylation is 2. The molecule has 2 aromatic carbocycles. The van der Waals surface area contributed by atoms with Gasteiger partial charge in [0.05, 0.1) is 0 Å². The van der Waals surface area contributed by atoms with E-state index in [1.54, 1.807) is 25.7 Å². The lowest BCUT2D eigenvalue weighted by Crippen LogP contribution is -2.55. The summed E-state index contributed by atoms with van der Waals surface area (Å²) in [5.41, 5.74) is 2.47. The van der Waals surface area contributed by atoms with Crippen LogP contribution in [0.4, 0.5) is 4.79 Å². The van der Waals surface area contributed by atoms with Gasteiger partial charge in [-0.3, -0.25) is 9.59 Å². The van der Waals surface area contributed by atoms with Gasteiger partial charge in [0.25, 0.3) is 0 Å². The predicted octanol–water partition coefficient (Wildman–Crippen LogP) is 6.80. The Morgan fingerprint density at radius 2 is 1.56 bits per heavy atom. The molecule has 0 aromatic heterocycles. The lowest BCUT2D eigenvalue weighted by Gasteiger charge is -2.36. The van der Waals surface area contributed by atoms with Gasteiger partial charge in [0, 0.05) is 18.5 Å². The minimum absolute atomic E-state index is 0.246. The van der Waals surface area contributed by atoms with Crippen molar-refractivity contribution < 1.29 is 19.1 Å². The largest absolute Gasteiger partial charge is 0.444 e. The Morgan fingerprint density at radius 1 is 0.902 bits per heavy atom. The second-order valence-corrected chi connectivity index (χ2v) is 13.0. The Labute approximate surface area is 247 Å². The SMILES string of the molecule is CCCCCCN(C(=O)C(Cc1ccccc1)NC(=O)OC(C)(C)C)C(C(=O)NC(C)(C)C)c1ccc(C)cc1C. The highest BCUT2D eigenvalue weighted by molar-refractivity contribution is 5.92. The first-order chi connectivity index (χ1) is 19.1. The summed E-state index contributed by atoms with van der Waals surface area (Å²) in [6, 6.07) is 13.7. The van der Waals surface area contributed by atoms with Crippen LogP contribution in [0.5, 0.6) is 0 Å². The van der Waals surface area contributed by atoms with Crippen molar-refractivity contribution in [3.05, 3.63) is 70.8 Å². The molecule has 2 N–H and O–H groups in total. The standard InChI is InChI=1S/C34H51N3O4/c1-10-11-12-16-21-37(29(30(38)36-33(4,5)6)27-20-19-24(2)22-25(27)3)31(39)28(23-26-17-14-13-15-18-26)35-32(40)41-34(7,8)9/h13-15,17-20,22,28-29H,10-12,16,21,23H2,1-9H3,(H,35,40)(H,36,38). The molecule has 41 heavy (non-hydrogen) atoms. The number of benzene rings is 2. The number of carbonyl (C=O) groups is 3. The molecule has 0 aliphatic rings. The molecule has 7 heteroatoms. The number of nitrogens with one attached hydrogen (secondary N) is 2. The molecule has 0 radical (unpaired) electrons. The molecule has 2 atom stereocenters. The predicted molar refractivity (Wildman–Crippen MR) is 166 cm³/mol. The fourth-order valence-corrected chi connectivity index (χ4v) is 4.80. The number of rotatable bonds is 12. The van der Waals surface area contributed by atoms with Crippen LogP contribution in [0, 0.1) is 13.8 Å². The van der Waals surface area contributed by atoms with Crippen molar-refractivity contribution in [3.8, 4) is 0 Å². The summed E-state index contributed by atoms with van der Waals surface area (Å²) in [5, 5.41) is 5.95. The molecule has 0 heterocycles. The fraction of sp³-hybridized carbons (Fsp3) is 0.559. The maximum absolute atomic E-state index is 14.6. The van der Waals surface area contributed by atoms with Crippen molar-refractivity contribution in [1.82, 2.24) is 15.5 Å². The van der Waals surface area contributed by atoms with Gasteiger partial charge in [0.2, 0.25) is 11.8 Å². The van der Waals surface area contributed by atoms with E-state index in [4.69, 9.17) is 4.74 Å². The van der Waals surface area contributed by atoms with E-state index in [0.717, 1.165) is 47.9 Å². The number of alkyl carbamates (subject to hydrolysis) is 1. The first kappa shape index (κ1) is 33.9. The van der Waals surface area contributed by atoms with Gasteiger partial charge in [-0.2, -0.15) is 0 Å². The van der Waals surface area contributed by atoms with Gasteiger partial charge >= 0.3 is 6.09 Å². The minimum atomic E-state index is -0.922. The Hall–Kier alpha value is -3.35. The third-order valence-corrected chi connectivity index (χ3v) is 6.59. The van der Waals surface area contributed by atoms with Crippen LogP contribution in [-0.4, -0.2) is 46.5 Å². The van der Waals surface area contributed by atoms with E-state index < -0.39 is 29.3 Å². The van der Waals surface area contributed by atoms with Crippen LogP contribution in [0.1, 0.15) is 102 Å². The highest BCUT2D eigenvalue weighted by Gasteiger charge is 2.37. The molecule has 2 rings (SSSR count). The molecule has 0 spiro atoms. The van der Waals surface area contributed by atoms with Gasteiger partial charge in [0.1, 0.15) is 17.7 Å². The number of carbonyl (C=O) groups excluding carboxylic acids is 3. The number of amides is 3. The van der Waals surface area contributed by atoms with E-state index in [1.807, 2.05) is 83.1 Å². The van der Waals surface area contributed by atoms with Crippen molar-refractivity contribution >= 4 is 17.9 Å². The molecule has 0 fully saturated rings. The second-order valence-electron chi connectivity index (χ2n) is 13.0. The van der Waals surface area contributed by atoms with Gasteiger partial charge in [-0.15, -0.1) is 0 Å². The smallest absolute Gasteiger partial charge is 0.408 e. The summed E-state index contributed by atoms with van der Waals surface area (Å²) in [7, 11) is 0. The highest BCUT2D eigenvalue weighted by atomic mass is 16.6. The minimum Gasteiger partial charge on any atom is -0.444 e. The van der Waals surface area contributed by atoms with Crippen molar-refractivity contribution in [1.29, 1.82) is 0 Å². The molecule has 0 saturated carbocycles. The Balaban J connectivity index is 2.61. The first-order valence-electron chi connectivity index (χ1n) is 14.8. The summed E-state index contributed by atoms with van der Waals surface area (Å²) >= 11 is 0. The van der Waals surface area contributed by atoms with Gasteiger partial charge in [-0.1, -0.05) is 80.3 Å². The van der Waals surface area contributed by atoms with Gasteiger partial charge in [-0.05, 0) is 78.5 Å². The van der Waals surface area contributed by atoms with Crippen LogP contribution < -0.4 is 10.6 Å². The topological polar surface area (TPSA) is 87.7 Å². The summed E-state index contributed by atoms with van der Waals surface area (Å²) in [6.07, 6.45) is 3.37. The highest BCUT2D eigenvalue weighted by Crippen LogP contribution is 2.28. The summed E-state index contributed by atoms with van der Waals surface area (Å²) in [6.45, 7) is 17.7. The number of ether oxygens (including phenoxy) is 1. The zero-order valence-corrected chi connectivity index (χ0v) is 26.6. The average Bonchev–Trinajstić information content (AvgIpc) is 2.84. The maximum Gasteiger partial charge on any atom is 0.408 e. The zero-order valence-electron chi connectivity index (χ0n) is 26.6. The molecular weight excluding hydrogens is 514 g/mol. The van der Waals surface area contributed by atoms with Crippen LogP contribution in [0.2, 0.25) is 0 Å². The number of hydrogen-bond donors (Lipinski definition) is 2. The number of unbranched alkanes of at least 4 members (excludes halogenated alkanes) is 3. The molecule has 0 bridgehead atoms. The van der Waals surface area contributed by atoms with Crippen LogP contribution in [0.15, 0.2) is 48.5 Å². The van der Waals surface area contributed by atoms with E-state index >= 15 is 0 Å². The third-order valence-electron chi connectivity index (χ3n) is 6.59. The van der Waals surface area contributed by atoms with E-state index in [9.17, 15) is 14.4 Å². The Kier molecular flexibility index (Phi) is 12.4. The lowest BCUT2D eigenvalue weighted by molar-refractivity contribution is -0.143. The molecule has 2 unspecified atom stereocenters. The summed E-state index contributed by atoms with van der Waals surface area (Å²) in [4.78, 5) is 43.2. The number of nitrogens with zero attached hydrogens (tertiary/aromatic N) is 1. The third kappa shape index (κ3) is 11.6.